The van der Waals surface area contributed by atoms with Crippen molar-refractivity contribution >= 4 is 29.1 Å². The van der Waals surface area contributed by atoms with Gasteiger partial charge in [0.25, 0.3) is 11.8 Å². The summed E-state index contributed by atoms with van der Waals surface area (Å²) in [6.07, 6.45) is 5.44. The highest BCUT2D eigenvalue weighted by atomic mass is 16.2. The minimum Gasteiger partial charge on any atom is -0.382 e. The van der Waals surface area contributed by atoms with Crippen molar-refractivity contribution in [3.63, 3.8) is 0 Å². The number of Topliss-reactive ketones (excluding diaryl/α,β-unsaturated/α-hetero) is 1. The Labute approximate surface area is 193 Å². The maximum Gasteiger partial charge on any atom is 0.251 e. The van der Waals surface area contributed by atoms with E-state index in [-0.39, 0.29) is 23.8 Å². The van der Waals surface area contributed by atoms with Crippen LogP contribution in [0.1, 0.15) is 77.5 Å². The first-order valence-electron chi connectivity index (χ1n) is 11.5. The second-order valence-electron chi connectivity index (χ2n) is 9.32. The Morgan fingerprint density at radius 2 is 1.73 bits per heavy atom. The number of amides is 2. The van der Waals surface area contributed by atoms with Crippen LogP contribution in [-0.2, 0) is 0 Å². The zero-order valence-corrected chi connectivity index (χ0v) is 19.3. The van der Waals surface area contributed by atoms with Crippen molar-refractivity contribution < 1.29 is 14.4 Å². The van der Waals surface area contributed by atoms with Crippen LogP contribution in [0.4, 0.5) is 11.5 Å². The standard InChI is InChI=1S/C25H31N5O3/c1-14(2)28-22-10-16(4-8-21(22)24(26)32)25(33)29-18-11-19-6-7-20(12-18)30(19)23-9-5-17(13-27-23)15(3)31/h4-5,8-10,13-14,18-20,28H,6-7,11-12H2,1-3H3,(H2,26,32)(H,29,33). The summed E-state index contributed by atoms with van der Waals surface area (Å²) < 4.78 is 0. The van der Waals surface area contributed by atoms with E-state index < -0.39 is 5.91 Å². The summed E-state index contributed by atoms with van der Waals surface area (Å²) >= 11 is 0. The molecule has 2 atom stereocenters. The lowest BCUT2D eigenvalue weighted by Crippen LogP contribution is -2.50. The van der Waals surface area contributed by atoms with Gasteiger partial charge in [0.05, 0.1) is 5.56 Å². The molecule has 2 saturated heterocycles. The number of carbonyl (C=O) groups is 3. The fourth-order valence-corrected chi connectivity index (χ4v) is 5.02. The number of rotatable bonds is 7. The molecule has 2 aliphatic heterocycles. The van der Waals surface area contributed by atoms with Gasteiger partial charge in [0.2, 0.25) is 0 Å². The number of nitrogens with two attached hydrogens (primary N) is 1. The maximum atomic E-state index is 13.0. The summed E-state index contributed by atoms with van der Waals surface area (Å²) in [5.74, 6) is 0.219. The molecule has 8 nitrogen and oxygen atoms in total. The minimum atomic E-state index is -0.529. The molecular weight excluding hydrogens is 418 g/mol. The van der Waals surface area contributed by atoms with Crippen molar-refractivity contribution in [2.75, 3.05) is 10.2 Å². The molecule has 8 heteroatoms. The number of aromatic nitrogens is 1. The van der Waals surface area contributed by atoms with Crippen molar-refractivity contribution in [1.82, 2.24) is 10.3 Å². The van der Waals surface area contributed by atoms with E-state index in [1.807, 2.05) is 26.0 Å². The van der Waals surface area contributed by atoms with Crippen LogP contribution in [-0.4, -0.2) is 46.7 Å². The minimum absolute atomic E-state index is 0.00838. The van der Waals surface area contributed by atoms with Gasteiger partial charge in [-0.05, 0) is 76.8 Å². The van der Waals surface area contributed by atoms with Crippen LogP contribution in [0.5, 0.6) is 0 Å². The monoisotopic (exact) mass is 449 g/mol. The number of hydrogen-bond acceptors (Lipinski definition) is 6. The normalized spacial score (nSPS) is 21.7. The number of piperidine rings is 1. The molecule has 2 fully saturated rings. The first-order valence-corrected chi connectivity index (χ1v) is 11.5. The molecule has 174 valence electrons. The number of hydrogen-bond donors (Lipinski definition) is 3. The molecule has 4 rings (SSSR count). The van der Waals surface area contributed by atoms with E-state index in [2.05, 4.69) is 20.5 Å². The fraction of sp³-hybridized carbons (Fsp3) is 0.440. The van der Waals surface area contributed by atoms with Gasteiger partial charge in [0.1, 0.15) is 5.82 Å². The number of anilines is 2. The van der Waals surface area contributed by atoms with E-state index >= 15 is 0 Å². The van der Waals surface area contributed by atoms with E-state index in [0.29, 0.717) is 34.5 Å². The molecule has 2 bridgehead atoms. The molecule has 3 heterocycles. The van der Waals surface area contributed by atoms with Crippen LogP contribution in [0.2, 0.25) is 0 Å². The molecule has 1 aromatic carbocycles. The molecule has 0 radical (unpaired) electrons. The van der Waals surface area contributed by atoms with Gasteiger partial charge in [-0.3, -0.25) is 14.4 Å². The smallest absolute Gasteiger partial charge is 0.251 e. The Hall–Kier alpha value is -3.42. The summed E-state index contributed by atoms with van der Waals surface area (Å²) in [5, 5.41) is 6.38. The van der Waals surface area contributed by atoms with Crippen LogP contribution >= 0.6 is 0 Å². The largest absolute Gasteiger partial charge is 0.382 e. The van der Waals surface area contributed by atoms with Gasteiger partial charge < -0.3 is 21.3 Å². The van der Waals surface area contributed by atoms with Crippen molar-refractivity contribution in [2.45, 2.75) is 70.6 Å². The Morgan fingerprint density at radius 1 is 1.06 bits per heavy atom. The molecule has 1 aromatic heterocycles. The third kappa shape index (κ3) is 4.84. The Balaban J connectivity index is 1.45. The van der Waals surface area contributed by atoms with Crippen LogP contribution in [0.25, 0.3) is 0 Å². The second-order valence-corrected chi connectivity index (χ2v) is 9.32. The van der Waals surface area contributed by atoms with Gasteiger partial charge in [-0.25, -0.2) is 4.98 Å². The van der Waals surface area contributed by atoms with Gasteiger partial charge in [0.15, 0.2) is 5.78 Å². The van der Waals surface area contributed by atoms with Gasteiger partial charge in [0, 0.05) is 47.2 Å². The lowest BCUT2D eigenvalue weighted by Gasteiger charge is -2.40. The number of nitrogens with zero attached hydrogens (tertiary/aromatic N) is 2. The molecule has 2 aliphatic rings. The SMILES string of the molecule is CC(=O)c1ccc(N2C3CCC2CC(NC(=O)c2ccc(C(N)=O)c(NC(C)C)c2)C3)nc1. The number of carbonyl (C=O) groups excluding carboxylic acids is 3. The molecule has 0 aliphatic carbocycles. The second kappa shape index (κ2) is 9.21. The Kier molecular flexibility index (Phi) is 6.35. The number of primary amides is 1. The molecular formula is C25H31N5O3. The highest BCUT2D eigenvalue weighted by molar-refractivity contribution is 6.02. The molecule has 2 amide bonds. The number of nitrogens with one attached hydrogen (secondary N) is 2. The summed E-state index contributed by atoms with van der Waals surface area (Å²) in [5.41, 5.74) is 7.53. The number of pyridine rings is 1. The average molecular weight is 450 g/mol. The first kappa shape index (κ1) is 22.8. The summed E-state index contributed by atoms with van der Waals surface area (Å²) in [6, 6.07) is 9.47. The van der Waals surface area contributed by atoms with Crippen molar-refractivity contribution in [3.05, 3.63) is 53.2 Å². The van der Waals surface area contributed by atoms with Gasteiger partial charge in [-0.1, -0.05) is 0 Å². The van der Waals surface area contributed by atoms with E-state index in [1.54, 1.807) is 24.4 Å². The predicted molar refractivity (Wildman–Crippen MR) is 128 cm³/mol. The zero-order valence-electron chi connectivity index (χ0n) is 19.3. The van der Waals surface area contributed by atoms with Gasteiger partial charge >= 0.3 is 0 Å². The Morgan fingerprint density at radius 3 is 2.27 bits per heavy atom. The van der Waals surface area contributed by atoms with E-state index in [0.717, 1.165) is 31.5 Å². The van der Waals surface area contributed by atoms with E-state index in [9.17, 15) is 14.4 Å². The number of ketones is 1. The van der Waals surface area contributed by atoms with Gasteiger partial charge in [-0.2, -0.15) is 0 Å². The highest BCUT2D eigenvalue weighted by Gasteiger charge is 2.41. The maximum absolute atomic E-state index is 13.0. The third-order valence-electron chi connectivity index (χ3n) is 6.48. The predicted octanol–water partition coefficient (Wildman–Crippen LogP) is 3.13. The Bertz CT molecular complexity index is 1050. The third-order valence-corrected chi connectivity index (χ3v) is 6.48. The molecule has 0 saturated carbocycles. The average Bonchev–Trinajstić information content (AvgIpc) is 3.03. The lowest BCUT2D eigenvalue weighted by molar-refractivity contribution is 0.0924. The van der Waals surface area contributed by atoms with Crippen LogP contribution in [0, 0.1) is 0 Å². The molecule has 0 spiro atoms. The molecule has 33 heavy (non-hydrogen) atoms. The molecule has 2 aromatic rings. The van der Waals surface area contributed by atoms with E-state index in [4.69, 9.17) is 5.73 Å². The zero-order chi connectivity index (χ0) is 23.7. The summed E-state index contributed by atoms with van der Waals surface area (Å²) in [4.78, 5) is 43.2. The fourth-order valence-electron chi connectivity index (χ4n) is 5.02. The van der Waals surface area contributed by atoms with Crippen molar-refractivity contribution in [1.29, 1.82) is 0 Å². The highest BCUT2D eigenvalue weighted by Crippen LogP contribution is 2.38. The quantitative estimate of drug-likeness (QED) is 0.559. The topological polar surface area (TPSA) is 117 Å². The summed E-state index contributed by atoms with van der Waals surface area (Å²) in [6.45, 7) is 5.46. The molecule has 4 N–H and O–H groups in total. The number of benzene rings is 1. The van der Waals surface area contributed by atoms with Crippen LogP contribution in [0.15, 0.2) is 36.5 Å². The van der Waals surface area contributed by atoms with Crippen LogP contribution < -0.4 is 21.3 Å². The van der Waals surface area contributed by atoms with Crippen molar-refractivity contribution in [3.8, 4) is 0 Å². The van der Waals surface area contributed by atoms with Crippen molar-refractivity contribution in [2.24, 2.45) is 5.73 Å². The van der Waals surface area contributed by atoms with Gasteiger partial charge in [-0.15, -0.1) is 0 Å². The van der Waals surface area contributed by atoms with E-state index in [1.165, 1.54) is 6.92 Å². The summed E-state index contributed by atoms with van der Waals surface area (Å²) in [7, 11) is 0. The number of fused-ring (bicyclic) bond motifs is 2. The van der Waals surface area contributed by atoms with Crippen LogP contribution in [0.3, 0.4) is 0 Å². The first-order chi connectivity index (χ1) is 15.7. The lowest BCUT2D eigenvalue weighted by atomic mass is 9.96. The molecule has 2 unspecified atom stereocenters.